The molecule has 2 saturated heterocycles. The van der Waals surface area contributed by atoms with Gasteiger partial charge in [0.2, 0.25) is 0 Å². The summed E-state index contributed by atoms with van der Waals surface area (Å²) in [5, 5.41) is 3.48. The highest BCUT2D eigenvalue weighted by atomic mass is 19.1. The minimum atomic E-state index is -0.484. The monoisotopic (exact) mass is 294 g/mol. The van der Waals surface area contributed by atoms with E-state index in [0.29, 0.717) is 11.1 Å². The van der Waals surface area contributed by atoms with Gasteiger partial charge in [0.05, 0.1) is 0 Å². The van der Waals surface area contributed by atoms with Crippen LogP contribution in [0, 0.1) is 17.0 Å². The zero-order valence-electron chi connectivity index (χ0n) is 12.5. The van der Waals surface area contributed by atoms with Crippen molar-refractivity contribution in [1.29, 1.82) is 0 Å². The Bertz CT molecular complexity index is 461. The predicted octanol–water partition coefficient (Wildman–Crippen LogP) is 3.72. The van der Waals surface area contributed by atoms with E-state index in [2.05, 4.69) is 10.2 Å². The molecule has 0 saturated carbocycles. The molecule has 1 N–H and O–H groups in total. The van der Waals surface area contributed by atoms with Crippen molar-refractivity contribution in [1.82, 2.24) is 5.32 Å². The third-order valence-electron chi connectivity index (χ3n) is 5.15. The summed E-state index contributed by atoms with van der Waals surface area (Å²) in [5.41, 5.74) is 1.13. The van der Waals surface area contributed by atoms with Crippen molar-refractivity contribution in [2.24, 2.45) is 5.41 Å². The van der Waals surface area contributed by atoms with Crippen LogP contribution in [0.2, 0.25) is 0 Å². The van der Waals surface area contributed by atoms with E-state index in [1.54, 1.807) is 0 Å². The van der Waals surface area contributed by atoms with Crippen molar-refractivity contribution < 1.29 is 8.78 Å². The lowest BCUT2D eigenvalue weighted by molar-refractivity contribution is 0.221. The second kappa shape index (κ2) is 6.30. The van der Waals surface area contributed by atoms with E-state index in [4.69, 9.17) is 0 Å². The molecular formula is C17H24F2N2. The lowest BCUT2D eigenvalue weighted by Crippen LogP contribution is -2.27. The summed E-state index contributed by atoms with van der Waals surface area (Å²) in [6, 6.07) is 3.85. The molecule has 116 valence electrons. The Kier molecular flexibility index (Phi) is 4.43. The number of anilines is 1. The van der Waals surface area contributed by atoms with Gasteiger partial charge in [-0.25, -0.2) is 8.78 Å². The minimum absolute atomic E-state index is 0.435. The Morgan fingerprint density at radius 1 is 0.857 bits per heavy atom. The lowest BCUT2D eigenvalue weighted by atomic mass is 9.75. The molecule has 0 aliphatic carbocycles. The molecule has 0 bridgehead atoms. The summed E-state index contributed by atoms with van der Waals surface area (Å²) < 4.78 is 26.8. The molecule has 1 aromatic rings. The van der Waals surface area contributed by atoms with Crippen LogP contribution in [0.1, 0.15) is 38.5 Å². The summed E-state index contributed by atoms with van der Waals surface area (Å²) in [4.78, 5) is 2.15. The number of hydrogen-bond acceptors (Lipinski definition) is 2. The molecule has 0 radical (unpaired) electrons. The van der Waals surface area contributed by atoms with E-state index in [9.17, 15) is 8.78 Å². The van der Waals surface area contributed by atoms with E-state index in [-0.39, 0.29) is 0 Å². The third-order valence-corrected chi connectivity index (χ3v) is 5.15. The topological polar surface area (TPSA) is 15.3 Å². The normalized spacial score (nSPS) is 27.4. The van der Waals surface area contributed by atoms with Crippen molar-refractivity contribution >= 4 is 5.69 Å². The molecule has 4 heteroatoms. The van der Waals surface area contributed by atoms with Crippen LogP contribution in [0.5, 0.6) is 0 Å². The largest absolute Gasteiger partial charge is 0.371 e. The molecule has 2 aliphatic rings. The van der Waals surface area contributed by atoms with Gasteiger partial charge in [-0.05, 0) is 69.2 Å². The molecule has 2 aliphatic heterocycles. The maximum Gasteiger partial charge on any atom is 0.128 e. The fourth-order valence-electron chi connectivity index (χ4n) is 3.93. The summed E-state index contributed by atoms with van der Waals surface area (Å²) in [5.74, 6) is -0.967. The number of benzene rings is 1. The van der Waals surface area contributed by atoms with E-state index >= 15 is 0 Å². The van der Waals surface area contributed by atoms with Crippen LogP contribution >= 0.6 is 0 Å². The van der Waals surface area contributed by atoms with Gasteiger partial charge < -0.3 is 10.2 Å². The Morgan fingerprint density at radius 3 is 2.43 bits per heavy atom. The highest BCUT2D eigenvalue weighted by Gasteiger charge is 2.33. The first-order valence-corrected chi connectivity index (χ1v) is 8.09. The molecule has 2 heterocycles. The van der Waals surface area contributed by atoms with Crippen molar-refractivity contribution in [3.63, 3.8) is 0 Å². The quantitative estimate of drug-likeness (QED) is 0.849. The fourth-order valence-corrected chi connectivity index (χ4v) is 3.93. The van der Waals surface area contributed by atoms with Gasteiger partial charge in [-0.2, -0.15) is 0 Å². The molecule has 0 amide bonds. The van der Waals surface area contributed by atoms with E-state index in [1.807, 2.05) is 0 Å². The summed E-state index contributed by atoms with van der Waals surface area (Å²) in [6.45, 7) is 4.04. The average molecular weight is 294 g/mol. The predicted molar refractivity (Wildman–Crippen MR) is 81.6 cm³/mol. The Balaban J connectivity index is 1.72. The van der Waals surface area contributed by atoms with Crippen LogP contribution in [0.4, 0.5) is 14.5 Å². The molecular weight excluding hydrogens is 270 g/mol. The van der Waals surface area contributed by atoms with Crippen LogP contribution in [-0.2, 0) is 0 Å². The first kappa shape index (κ1) is 14.8. The third kappa shape index (κ3) is 3.54. The van der Waals surface area contributed by atoms with Crippen LogP contribution in [0.3, 0.4) is 0 Å². The zero-order valence-corrected chi connectivity index (χ0v) is 12.5. The Morgan fingerprint density at radius 2 is 1.62 bits per heavy atom. The molecule has 1 aromatic carbocycles. The first-order valence-electron chi connectivity index (χ1n) is 8.09. The van der Waals surface area contributed by atoms with Crippen molar-refractivity contribution in [2.45, 2.75) is 38.5 Å². The lowest BCUT2D eigenvalue weighted by Gasteiger charge is -2.31. The molecule has 1 unspecified atom stereocenters. The first-order chi connectivity index (χ1) is 10.2. The average Bonchev–Trinajstić information content (AvgIpc) is 2.79. The van der Waals surface area contributed by atoms with Gasteiger partial charge in [-0.3, -0.25) is 0 Å². The van der Waals surface area contributed by atoms with Crippen LogP contribution in [-0.4, -0.2) is 26.2 Å². The maximum absolute atomic E-state index is 13.4. The number of nitrogens with zero attached hydrogens (tertiary/aromatic N) is 1. The minimum Gasteiger partial charge on any atom is -0.371 e. The van der Waals surface area contributed by atoms with E-state index in [0.717, 1.165) is 45.1 Å². The van der Waals surface area contributed by atoms with E-state index < -0.39 is 11.6 Å². The maximum atomic E-state index is 13.4. The fraction of sp³-hybridized carbons (Fsp3) is 0.647. The van der Waals surface area contributed by atoms with Gasteiger partial charge in [0.25, 0.3) is 0 Å². The number of nitrogens with one attached hydrogen (secondary N) is 1. The standard InChI is InChI=1S/C17H24F2N2/c18-14-11-15(19)13-16(12-14)21-9-2-4-17(6-10-21)3-1-7-20-8-5-17/h11-13,20H,1-10H2. The highest BCUT2D eigenvalue weighted by Crippen LogP contribution is 2.40. The summed E-state index contributed by atoms with van der Waals surface area (Å²) in [6.07, 6.45) is 7.24. The molecule has 3 rings (SSSR count). The van der Waals surface area contributed by atoms with Crippen LogP contribution in [0.15, 0.2) is 18.2 Å². The summed E-state index contributed by atoms with van der Waals surface area (Å²) in [7, 11) is 0. The summed E-state index contributed by atoms with van der Waals surface area (Å²) >= 11 is 0. The van der Waals surface area contributed by atoms with Crippen molar-refractivity contribution in [2.75, 3.05) is 31.1 Å². The van der Waals surface area contributed by atoms with Gasteiger partial charge in [0.1, 0.15) is 11.6 Å². The smallest absolute Gasteiger partial charge is 0.128 e. The Labute approximate surface area is 125 Å². The van der Waals surface area contributed by atoms with Crippen LogP contribution < -0.4 is 10.2 Å². The van der Waals surface area contributed by atoms with Crippen molar-refractivity contribution in [3.05, 3.63) is 29.8 Å². The van der Waals surface area contributed by atoms with Crippen molar-refractivity contribution in [3.8, 4) is 0 Å². The molecule has 21 heavy (non-hydrogen) atoms. The van der Waals surface area contributed by atoms with Gasteiger partial charge in [-0.15, -0.1) is 0 Å². The molecule has 1 spiro atoms. The number of rotatable bonds is 1. The molecule has 0 aromatic heterocycles. The van der Waals surface area contributed by atoms with E-state index in [1.165, 1.54) is 37.8 Å². The Hall–Kier alpha value is -1.16. The number of hydrogen-bond donors (Lipinski definition) is 1. The molecule has 2 nitrogen and oxygen atoms in total. The van der Waals surface area contributed by atoms with Gasteiger partial charge in [-0.1, -0.05) is 0 Å². The van der Waals surface area contributed by atoms with Gasteiger partial charge >= 0.3 is 0 Å². The zero-order chi connectivity index (χ0) is 14.7. The molecule has 1 atom stereocenters. The highest BCUT2D eigenvalue weighted by molar-refractivity contribution is 5.47. The van der Waals surface area contributed by atoms with Gasteiger partial charge in [0, 0.05) is 24.8 Å². The van der Waals surface area contributed by atoms with Crippen LogP contribution in [0.25, 0.3) is 0 Å². The molecule has 2 fully saturated rings. The van der Waals surface area contributed by atoms with Gasteiger partial charge in [0.15, 0.2) is 0 Å². The SMILES string of the molecule is Fc1cc(F)cc(N2CCCC3(CCCNCC3)CC2)c1. The second-order valence-corrected chi connectivity index (χ2v) is 6.57. The number of halogens is 2. The second-order valence-electron chi connectivity index (χ2n) is 6.57.